The highest BCUT2D eigenvalue weighted by Crippen LogP contribution is 2.43. The third-order valence-corrected chi connectivity index (χ3v) is 6.47. The van der Waals surface area contributed by atoms with Crippen LogP contribution in [-0.2, 0) is 33.2 Å². The normalized spacial score (nSPS) is 15.7. The Kier molecular flexibility index (Phi) is 4.06. The fraction of sp³-hybridized carbons (Fsp3) is 0. The molecule has 7 nitrogen and oxygen atoms in total. The number of benzene rings is 4. The predicted molar refractivity (Wildman–Crippen MR) is 98.9 cm³/mol. The van der Waals surface area contributed by atoms with E-state index >= 15 is 0 Å². The van der Waals surface area contributed by atoms with Crippen molar-refractivity contribution in [2.24, 2.45) is 0 Å². The van der Waals surface area contributed by atoms with Crippen LogP contribution in [0.4, 0.5) is 0 Å². The zero-order valence-electron chi connectivity index (χ0n) is 12.7. The standard InChI is InChI=1S/C16H10O7S3/c17-11-5-12(24(18)19)8-3-4-10-14(26(22)23)6-13(25(20)21)9-2-1-7(11)15(8)16(9)10/h1-6,17H,(H,18,19)(H,20,21)(H,22,23). The van der Waals surface area contributed by atoms with Crippen molar-refractivity contribution in [1.82, 2.24) is 0 Å². The number of hydrogen-bond donors (Lipinski definition) is 4. The summed E-state index contributed by atoms with van der Waals surface area (Å²) in [6, 6.07) is 8.50. The van der Waals surface area contributed by atoms with Crippen molar-refractivity contribution < 1.29 is 31.4 Å². The highest BCUT2D eigenvalue weighted by Gasteiger charge is 2.22. The lowest BCUT2D eigenvalue weighted by atomic mass is 9.94. The van der Waals surface area contributed by atoms with Crippen LogP contribution in [0.3, 0.4) is 0 Å². The van der Waals surface area contributed by atoms with Gasteiger partial charge in [0.05, 0.1) is 14.7 Å². The molecule has 0 amide bonds. The maximum atomic E-state index is 11.8. The zero-order valence-corrected chi connectivity index (χ0v) is 15.2. The Balaban J connectivity index is 2.39. The summed E-state index contributed by atoms with van der Waals surface area (Å²) in [5, 5.41) is 12.5. The molecule has 0 aliphatic heterocycles. The van der Waals surface area contributed by atoms with Crippen molar-refractivity contribution in [3.63, 3.8) is 0 Å². The smallest absolute Gasteiger partial charge is 0.187 e. The van der Waals surface area contributed by atoms with E-state index < -0.39 is 33.2 Å². The van der Waals surface area contributed by atoms with Gasteiger partial charge >= 0.3 is 0 Å². The molecule has 4 rings (SSSR count). The third kappa shape index (κ3) is 2.38. The summed E-state index contributed by atoms with van der Waals surface area (Å²) in [5.41, 5.74) is 0. The maximum Gasteiger partial charge on any atom is 0.187 e. The summed E-state index contributed by atoms with van der Waals surface area (Å²) in [6.07, 6.45) is 0. The Labute approximate surface area is 153 Å². The number of phenols is 1. The second-order valence-corrected chi connectivity index (χ2v) is 8.40. The quantitative estimate of drug-likeness (QED) is 0.301. The molecule has 4 aromatic carbocycles. The Morgan fingerprint density at radius 1 is 0.577 bits per heavy atom. The second kappa shape index (κ2) is 6.05. The molecule has 0 heterocycles. The van der Waals surface area contributed by atoms with Crippen molar-refractivity contribution in [3.05, 3.63) is 36.4 Å². The minimum absolute atomic E-state index is 0.0217. The third-order valence-electron chi connectivity index (χ3n) is 4.33. The number of hydrogen-bond acceptors (Lipinski definition) is 4. The van der Waals surface area contributed by atoms with Gasteiger partial charge in [-0.15, -0.1) is 0 Å². The first-order valence-electron chi connectivity index (χ1n) is 7.11. The van der Waals surface area contributed by atoms with Crippen LogP contribution in [0, 0.1) is 0 Å². The monoisotopic (exact) mass is 410 g/mol. The number of phenolic OH excluding ortho intramolecular Hbond substituents is 1. The molecule has 0 saturated carbocycles. The van der Waals surface area contributed by atoms with Gasteiger partial charge in [-0.05, 0) is 18.2 Å². The van der Waals surface area contributed by atoms with Crippen molar-refractivity contribution >= 4 is 65.6 Å². The molecule has 0 aliphatic rings. The molecule has 0 bridgehead atoms. The lowest BCUT2D eigenvalue weighted by Gasteiger charge is -2.16. The lowest BCUT2D eigenvalue weighted by Crippen LogP contribution is -2.00. The first-order chi connectivity index (χ1) is 12.3. The highest BCUT2D eigenvalue weighted by atomic mass is 32.2. The summed E-state index contributed by atoms with van der Waals surface area (Å²) >= 11 is -7.23. The van der Waals surface area contributed by atoms with Gasteiger partial charge in [-0.25, -0.2) is 12.6 Å². The van der Waals surface area contributed by atoms with Gasteiger partial charge in [0, 0.05) is 32.3 Å². The Morgan fingerprint density at radius 3 is 1.35 bits per heavy atom. The van der Waals surface area contributed by atoms with Crippen LogP contribution in [0.2, 0.25) is 0 Å². The molecule has 4 aromatic rings. The summed E-state index contributed by atoms with van der Waals surface area (Å²) in [5.74, 6) is -0.230. The van der Waals surface area contributed by atoms with E-state index in [4.69, 9.17) is 0 Å². The number of rotatable bonds is 3. The van der Waals surface area contributed by atoms with E-state index in [1.54, 1.807) is 0 Å². The molecule has 3 unspecified atom stereocenters. The molecule has 4 N–H and O–H groups in total. The molecule has 0 saturated heterocycles. The van der Waals surface area contributed by atoms with E-state index in [-0.39, 0.29) is 20.4 Å². The van der Waals surface area contributed by atoms with Gasteiger partial charge in [0.1, 0.15) is 5.75 Å². The van der Waals surface area contributed by atoms with E-state index in [0.29, 0.717) is 32.3 Å². The van der Waals surface area contributed by atoms with E-state index in [1.807, 2.05) is 0 Å². The van der Waals surface area contributed by atoms with Crippen LogP contribution in [-0.4, -0.2) is 31.4 Å². The summed E-state index contributed by atoms with van der Waals surface area (Å²) in [6.45, 7) is 0. The largest absolute Gasteiger partial charge is 0.507 e. The molecule has 0 radical (unpaired) electrons. The summed E-state index contributed by atoms with van der Waals surface area (Å²) in [7, 11) is 0. The summed E-state index contributed by atoms with van der Waals surface area (Å²) in [4.78, 5) is -0.134. The molecule has 3 atom stereocenters. The molecule has 0 fully saturated rings. The van der Waals surface area contributed by atoms with Crippen LogP contribution in [0.25, 0.3) is 32.3 Å². The minimum atomic E-state index is -2.43. The van der Waals surface area contributed by atoms with E-state index in [1.165, 1.54) is 36.4 Å². The highest BCUT2D eigenvalue weighted by molar-refractivity contribution is 7.80. The van der Waals surface area contributed by atoms with Gasteiger partial charge in [-0.1, -0.05) is 18.2 Å². The summed E-state index contributed by atoms with van der Waals surface area (Å²) < 4.78 is 64.0. The van der Waals surface area contributed by atoms with Gasteiger partial charge in [-0.2, -0.15) is 0 Å². The van der Waals surface area contributed by atoms with Crippen LogP contribution in [0.15, 0.2) is 51.1 Å². The van der Waals surface area contributed by atoms with Crippen LogP contribution >= 0.6 is 0 Å². The maximum absolute atomic E-state index is 11.8. The van der Waals surface area contributed by atoms with Gasteiger partial charge in [-0.3, -0.25) is 0 Å². The molecule has 26 heavy (non-hydrogen) atoms. The van der Waals surface area contributed by atoms with E-state index in [9.17, 15) is 31.4 Å². The van der Waals surface area contributed by atoms with Gasteiger partial charge < -0.3 is 18.8 Å². The fourth-order valence-corrected chi connectivity index (χ4v) is 5.11. The molecule has 0 aliphatic carbocycles. The first-order valence-corrected chi connectivity index (χ1v) is 10.4. The average molecular weight is 410 g/mol. The average Bonchev–Trinajstić information content (AvgIpc) is 2.59. The van der Waals surface area contributed by atoms with Crippen LogP contribution in [0.5, 0.6) is 5.75 Å². The van der Waals surface area contributed by atoms with Crippen molar-refractivity contribution in [2.75, 3.05) is 0 Å². The fourth-order valence-electron chi connectivity index (χ4n) is 3.31. The molecular formula is C16H10O7S3. The molecular weight excluding hydrogens is 400 g/mol. The molecule has 0 spiro atoms. The van der Waals surface area contributed by atoms with Crippen molar-refractivity contribution in [1.29, 1.82) is 0 Å². The van der Waals surface area contributed by atoms with Gasteiger partial charge in [0.15, 0.2) is 33.2 Å². The predicted octanol–water partition coefficient (Wildman–Crippen LogP) is 3.03. The second-order valence-electron chi connectivity index (χ2n) is 5.59. The minimum Gasteiger partial charge on any atom is -0.507 e. The Morgan fingerprint density at radius 2 is 0.923 bits per heavy atom. The Bertz CT molecular complexity index is 1250. The van der Waals surface area contributed by atoms with Crippen LogP contribution < -0.4 is 0 Å². The van der Waals surface area contributed by atoms with Crippen LogP contribution in [0.1, 0.15) is 0 Å². The van der Waals surface area contributed by atoms with E-state index in [0.717, 1.165) is 0 Å². The Hall–Kier alpha value is -1.95. The molecule has 0 aromatic heterocycles. The first kappa shape index (κ1) is 17.5. The van der Waals surface area contributed by atoms with Crippen molar-refractivity contribution in [2.45, 2.75) is 14.7 Å². The zero-order chi connectivity index (χ0) is 18.7. The lowest BCUT2D eigenvalue weighted by molar-refractivity contribution is 0.479. The van der Waals surface area contributed by atoms with Gasteiger partial charge in [0.25, 0.3) is 0 Å². The van der Waals surface area contributed by atoms with Crippen molar-refractivity contribution in [3.8, 4) is 5.75 Å². The molecule has 10 heteroatoms. The molecule has 134 valence electrons. The topological polar surface area (TPSA) is 132 Å². The van der Waals surface area contributed by atoms with E-state index in [2.05, 4.69) is 0 Å². The SMILES string of the molecule is O=S(O)c1cc(O)c2ccc3c(S(=O)O)cc(S(=O)O)c4ccc1c2c34. The number of aromatic hydroxyl groups is 1. The van der Waals surface area contributed by atoms with Gasteiger partial charge in [0.2, 0.25) is 0 Å².